The van der Waals surface area contributed by atoms with Gasteiger partial charge in [0.15, 0.2) is 5.82 Å². The van der Waals surface area contributed by atoms with Crippen molar-refractivity contribution in [1.82, 2.24) is 30.3 Å². The van der Waals surface area contributed by atoms with Crippen LogP contribution in [-0.2, 0) is 9.59 Å². The molecule has 2 aromatic heterocycles. The van der Waals surface area contributed by atoms with Crippen molar-refractivity contribution >= 4 is 34.5 Å². The SMILES string of the molecule is C=C(N[C@@H](C)c1ccc(-c2scnc2C)cc1)[C@@H]1C[C@@H](O)CN1C(=O)[C@@H](CC(=O)CCCCCCCCN1CCN(c2cc(-c3ccccc3O)nnc2N)CC1)C(C)(C)C. The minimum absolute atomic E-state index is 0.0501. The first-order valence-electron chi connectivity index (χ1n) is 22.0. The zero-order chi connectivity index (χ0) is 43.7. The average molecular weight is 851 g/mol. The van der Waals surface area contributed by atoms with Crippen molar-refractivity contribution in [2.75, 3.05) is 49.9 Å². The van der Waals surface area contributed by atoms with Crippen LogP contribution in [0.5, 0.6) is 5.75 Å². The van der Waals surface area contributed by atoms with Gasteiger partial charge >= 0.3 is 0 Å². The molecule has 2 aliphatic rings. The third-order valence-electron chi connectivity index (χ3n) is 12.4. The summed E-state index contributed by atoms with van der Waals surface area (Å²) in [6.45, 7) is 19.4. The molecule has 61 heavy (non-hydrogen) atoms. The van der Waals surface area contributed by atoms with Gasteiger partial charge in [0.25, 0.3) is 0 Å². The molecule has 13 heteroatoms. The molecule has 4 atom stereocenters. The molecule has 5 N–H and O–H groups in total. The first-order chi connectivity index (χ1) is 29.2. The number of aromatic hydroxyl groups is 1. The third-order valence-corrected chi connectivity index (χ3v) is 13.4. The van der Waals surface area contributed by atoms with E-state index < -0.39 is 17.4 Å². The van der Waals surface area contributed by atoms with Gasteiger partial charge in [-0.25, -0.2) is 4.98 Å². The zero-order valence-corrected chi connectivity index (χ0v) is 37.6. The molecule has 12 nitrogen and oxygen atoms in total. The number of anilines is 2. The number of rotatable bonds is 19. The summed E-state index contributed by atoms with van der Waals surface area (Å²) in [5.41, 5.74) is 13.7. The second kappa shape index (κ2) is 20.8. The number of phenolic OH excluding ortho intramolecular Hbond substituents is 1. The average Bonchev–Trinajstić information content (AvgIpc) is 3.86. The summed E-state index contributed by atoms with van der Waals surface area (Å²) >= 11 is 1.63. The number of hydrogen-bond acceptors (Lipinski definition) is 12. The molecule has 0 bridgehead atoms. The number of unbranched alkanes of at least 4 members (excludes halogenated alkanes) is 5. The van der Waals surface area contributed by atoms with E-state index in [1.165, 1.54) is 0 Å². The highest BCUT2D eigenvalue weighted by molar-refractivity contribution is 7.13. The van der Waals surface area contributed by atoms with Crippen LogP contribution in [0.2, 0.25) is 0 Å². The van der Waals surface area contributed by atoms with E-state index in [2.05, 4.69) is 68.1 Å². The topological polar surface area (TPSA) is 161 Å². The van der Waals surface area contributed by atoms with E-state index in [4.69, 9.17) is 5.73 Å². The molecular weight excluding hydrogens is 785 g/mol. The number of likely N-dealkylation sites (tertiary alicyclic amines) is 1. The number of amides is 1. The fourth-order valence-corrected chi connectivity index (χ4v) is 9.50. The predicted octanol–water partition coefficient (Wildman–Crippen LogP) is 8.16. The standard InChI is InChI=1S/C48H66N8O4S/c1-32(35-18-20-36(21-19-35)45-34(3)50-31-61-45)51-33(2)42-28-38(58)30-56(42)47(60)40(48(4,5)6)27-37(57)15-11-9-7-8-10-14-22-54-23-25-55(26-24-54)43-29-41(52-53-46(43)49)39-16-12-13-17-44(39)59/h12-13,16-21,29,31-32,38,40,42,51,58-59H,2,7-11,14-15,22-28,30H2,1,3-6H3,(H2,49,53)/t32-,38+,40+,42-/m0/s1. The van der Waals surface area contributed by atoms with Crippen molar-refractivity contribution in [3.8, 4) is 27.4 Å². The Bertz CT molecular complexity index is 2090. The molecule has 0 saturated carbocycles. The highest BCUT2D eigenvalue weighted by atomic mass is 32.1. The Labute approximate surface area is 366 Å². The van der Waals surface area contributed by atoms with E-state index in [1.807, 2.05) is 51.4 Å². The maximum absolute atomic E-state index is 14.2. The molecular formula is C48H66N8O4S. The number of phenols is 1. The number of carbonyl (C=O) groups excluding carboxylic acids is 2. The first-order valence-corrected chi connectivity index (χ1v) is 22.9. The highest BCUT2D eigenvalue weighted by Gasteiger charge is 2.43. The van der Waals surface area contributed by atoms with Gasteiger partial charge in [-0.1, -0.05) is 89.4 Å². The largest absolute Gasteiger partial charge is 0.507 e. The van der Waals surface area contributed by atoms with Crippen LogP contribution in [0.3, 0.4) is 0 Å². The Morgan fingerprint density at radius 1 is 0.984 bits per heavy atom. The molecule has 4 aromatic rings. The molecule has 0 spiro atoms. The van der Waals surface area contributed by atoms with Gasteiger partial charge in [0.05, 0.1) is 39.6 Å². The molecule has 2 fully saturated rings. The molecule has 0 aliphatic carbocycles. The summed E-state index contributed by atoms with van der Waals surface area (Å²) in [6.07, 6.45) is 6.81. The number of nitrogens with one attached hydrogen (secondary N) is 1. The van der Waals surface area contributed by atoms with Gasteiger partial charge in [-0.3, -0.25) is 14.5 Å². The second-order valence-corrected chi connectivity index (χ2v) is 18.9. The van der Waals surface area contributed by atoms with Gasteiger partial charge in [0.1, 0.15) is 11.5 Å². The van der Waals surface area contributed by atoms with Crippen LogP contribution < -0.4 is 16.0 Å². The molecule has 6 rings (SSSR count). The Morgan fingerprint density at radius 2 is 1.67 bits per heavy atom. The van der Waals surface area contributed by atoms with Crippen molar-refractivity contribution in [2.45, 2.75) is 111 Å². The molecule has 2 saturated heterocycles. The number of β-amino-alcohol motifs (C(OH)–C–C–N with tert-alkyl or cyclic N) is 1. The van der Waals surface area contributed by atoms with Crippen LogP contribution in [-0.4, -0.2) is 98.3 Å². The van der Waals surface area contributed by atoms with Crippen LogP contribution in [0.25, 0.3) is 21.7 Å². The maximum atomic E-state index is 14.2. The summed E-state index contributed by atoms with van der Waals surface area (Å²) in [7, 11) is 0. The van der Waals surface area contributed by atoms with Crippen molar-refractivity contribution < 1.29 is 19.8 Å². The number of aliphatic hydroxyl groups excluding tert-OH is 1. The number of nitrogens with two attached hydrogens (primary N) is 1. The Kier molecular flexibility index (Phi) is 15.6. The summed E-state index contributed by atoms with van der Waals surface area (Å²) in [5.74, 6) is 0.130. The molecule has 2 aliphatic heterocycles. The van der Waals surface area contributed by atoms with Crippen molar-refractivity contribution in [3.05, 3.63) is 83.6 Å². The van der Waals surface area contributed by atoms with Crippen molar-refractivity contribution in [1.29, 1.82) is 0 Å². The van der Waals surface area contributed by atoms with E-state index >= 15 is 0 Å². The van der Waals surface area contributed by atoms with Crippen LogP contribution in [0, 0.1) is 18.3 Å². The van der Waals surface area contributed by atoms with E-state index in [9.17, 15) is 19.8 Å². The molecule has 2 aromatic carbocycles. The number of aliphatic hydroxyl groups is 1. The summed E-state index contributed by atoms with van der Waals surface area (Å²) in [6, 6.07) is 17.1. The summed E-state index contributed by atoms with van der Waals surface area (Å²) < 4.78 is 0. The maximum Gasteiger partial charge on any atom is 0.227 e. The number of nitrogen functional groups attached to an aromatic ring is 1. The number of para-hydroxylation sites is 1. The fourth-order valence-electron chi connectivity index (χ4n) is 8.68. The van der Waals surface area contributed by atoms with Gasteiger partial charge in [-0.05, 0) is 68.0 Å². The molecule has 328 valence electrons. The summed E-state index contributed by atoms with van der Waals surface area (Å²) in [4.78, 5) is 39.7. The Balaban J connectivity index is 0.887. The van der Waals surface area contributed by atoms with E-state index in [0.717, 1.165) is 98.6 Å². The van der Waals surface area contributed by atoms with Crippen LogP contribution in [0.1, 0.15) is 103 Å². The lowest BCUT2D eigenvalue weighted by Gasteiger charge is -2.36. The quantitative estimate of drug-likeness (QED) is 0.0674. The number of ketones is 1. The van der Waals surface area contributed by atoms with Gasteiger partial charge in [-0.15, -0.1) is 21.5 Å². The molecule has 0 radical (unpaired) electrons. The van der Waals surface area contributed by atoms with Gasteiger partial charge in [0, 0.05) is 75.2 Å². The Morgan fingerprint density at radius 3 is 2.34 bits per heavy atom. The van der Waals surface area contributed by atoms with Gasteiger partial charge < -0.3 is 31.1 Å². The van der Waals surface area contributed by atoms with Crippen LogP contribution in [0.4, 0.5) is 11.5 Å². The number of benzene rings is 2. The number of thiazole rings is 1. The first kappa shape index (κ1) is 45.7. The number of hydrogen-bond donors (Lipinski definition) is 4. The van der Waals surface area contributed by atoms with Crippen LogP contribution >= 0.6 is 11.3 Å². The zero-order valence-electron chi connectivity index (χ0n) is 36.8. The number of aryl methyl sites for hydroxylation is 1. The van der Waals surface area contributed by atoms with Gasteiger partial charge in [-0.2, -0.15) is 0 Å². The normalized spacial score (nSPS) is 18.3. The fraction of sp³-hybridized carbons (Fsp3) is 0.521. The lowest BCUT2D eigenvalue weighted by Crippen LogP contribution is -2.47. The number of Topliss-reactive ketones (excluding diaryl/α,β-unsaturated/α-hetero) is 1. The number of aromatic nitrogens is 3. The lowest BCUT2D eigenvalue weighted by molar-refractivity contribution is -0.142. The van der Waals surface area contributed by atoms with E-state index in [1.54, 1.807) is 28.4 Å². The van der Waals surface area contributed by atoms with Crippen LogP contribution in [0.15, 0.2) is 72.4 Å². The van der Waals surface area contributed by atoms with Crippen molar-refractivity contribution in [2.24, 2.45) is 11.3 Å². The summed E-state index contributed by atoms with van der Waals surface area (Å²) in [5, 5.41) is 33.0. The number of piperazine rings is 1. The minimum Gasteiger partial charge on any atom is -0.507 e. The number of nitrogens with zero attached hydrogens (tertiary/aromatic N) is 6. The van der Waals surface area contributed by atoms with E-state index in [0.29, 0.717) is 35.6 Å². The monoisotopic (exact) mass is 850 g/mol. The number of carbonyl (C=O) groups is 2. The van der Waals surface area contributed by atoms with E-state index in [-0.39, 0.29) is 42.5 Å². The molecule has 0 unspecified atom stereocenters. The third kappa shape index (κ3) is 12.0. The lowest BCUT2D eigenvalue weighted by atomic mass is 9.76. The Hall–Kier alpha value is -4.85. The van der Waals surface area contributed by atoms with Gasteiger partial charge in [0.2, 0.25) is 5.91 Å². The smallest absolute Gasteiger partial charge is 0.227 e. The highest BCUT2D eigenvalue weighted by Crippen LogP contribution is 2.36. The predicted molar refractivity (Wildman–Crippen MR) is 246 cm³/mol. The van der Waals surface area contributed by atoms with Crippen molar-refractivity contribution in [3.63, 3.8) is 0 Å². The minimum atomic E-state index is -0.645. The molecule has 4 heterocycles. The second-order valence-electron chi connectivity index (χ2n) is 18.1. The molecule has 1 amide bonds.